The largest absolute Gasteiger partial charge is 0.464 e. The summed E-state index contributed by atoms with van der Waals surface area (Å²) in [7, 11) is 1.25. The maximum atomic E-state index is 13.7. The Morgan fingerprint density at radius 2 is 1.97 bits per heavy atom. The molecule has 0 saturated heterocycles. The molecule has 1 saturated carbocycles. The molecule has 1 aliphatic heterocycles. The van der Waals surface area contributed by atoms with Crippen molar-refractivity contribution in [2.75, 3.05) is 12.0 Å². The molecule has 1 fully saturated rings. The van der Waals surface area contributed by atoms with Gasteiger partial charge in [-0.2, -0.15) is 5.10 Å². The number of carbonyl (C=O) groups is 3. The zero-order chi connectivity index (χ0) is 22.3. The molecule has 31 heavy (non-hydrogen) atoms. The van der Waals surface area contributed by atoms with Crippen molar-refractivity contribution in [1.29, 1.82) is 0 Å². The van der Waals surface area contributed by atoms with Gasteiger partial charge in [-0.3, -0.25) is 19.2 Å². The van der Waals surface area contributed by atoms with E-state index in [2.05, 4.69) is 10.4 Å². The highest BCUT2D eigenvalue weighted by atomic mass is 35.5. The molecule has 8 nitrogen and oxygen atoms in total. The summed E-state index contributed by atoms with van der Waals surface area (Å²) in [6, 6.07) is 6.72. The first-order valence-corrected chi connectivity index (χ1v) is 10.7. The van der Waals surface area contributed by atoms with E-state index in [4.69, 9.17) is 16.3 Å². The number of esters is 1. The van der Waals surface area contributed by atoms with Crippen molar-refractivity contribution in [3.63, 3.8) is 0 Å². The summed E-state index contributed by atoms with van der Waals surface area (Å²) in [5, 5.41) is 7.81. The second kappa shape index (κ2) is 8.00. The van der Waals surface area contributed by atoms with Gasteiger partial charge in [-0.15, -0.1) is 0 Å². The highest BCUT2D eigenvalue weighted by Crippen LogP contribution is 2.36. The van der Waals surface area contributed by atoms with Crippen LogP contribution >= 0.6 is 11.6 Å². The van der Waals surface area contributed by atoms with Gasteiger partial charge in [-0.05, 0) is 44.4 Å². The Hall–Kier alpha value is -2.87. The molecule has 9 heteroatoms. The number of hydrogen-bond donors (Lipinski definition) is 1. The van der Waals surface area contributed by atoms with Gasteiger partial charge in [0.05, 0.1) is 13.7 Å². The van der Waals surface area contributed by atoms with Crippen LogP contribution < -0.4 is 10.2 Å². The topological polar surface area (TPSA) is 93.5 Å². The lowest BCUT2D eigenvalue weighted by Gasteiger charge is -2.44. The number of carbonyl (C=O) groups excluding carboxylic acids is 3. The molecule has 1 aliphatic carbocycles. The number of aryl methyl sites for hydroxylation is 1. The van der Waals surface area contributed by atoms with Crippen LogP contribution in [0.4, 0.5) is 5.69 Å². The number of hydrogen-bond acceptors (Lipinski definition) is 5. The Kier molecular flexibility index (Phi) is 5.51. The number of benzene rings is 1. The number of halogens is 1. The number of rotatable bonds is 4. The SMILES string of the molecule is COC(=O)c1cc2n(n1)CC(C)(C(=O)NC1CCCC1)N(c1cc(Cl)ccc1C)C2=O. The van der Waals surface area contributed by atoms with Crippen molar-refractivity contribution in [2.45, 2.75) is 57.7 Å². The number of nitrogens with zero attached hydrogens (tertiary/aromatic N) is 3. The van der Waals surface area contributed by atoms with Gasteiger partial charge < -0.3 is 10.1 Å². The third kappa shape index (κ3) is 3.69. The lowest BCUT2D eigenvalue weighted by molar-refractivity contribution is -0.127. The molecule has 2 aromatic rings. The van der Waals surface area contributed by atoms with Gasteiger partial charge in [0, 0.05) is 22.8 Å². The van der Waals surface area contributed by atoms with Crippen LogP contribution in [-0.4, -0.2) is 46.3 Å². The normalized spacial score (nSPS) is 21.2. The first kappa shape index (κ1) is 21.4. The molecule has 2 amide bonds. The second-order valence-electron chi connectivity index (χ2n) is 8.36. The van der Waals surface area contributed by atoms with Crippen LogP contribution in [0.25, 0.3) is 0 Å². The van der Waals surface area contributed by atoms with E-state index in [0.29, 0.717) is 10.7 Å². The predicted molar refractivity (Wildman–Crippen MR) is 115 cm³/mol. The van der Waals surface area contributed by atoms with Crippen molar-refractivity contribution in [3.8, 4) is 0 Å². The second-order valence-corrected chi connectivity index (χ2v) is 8.80. The van der Waals surface area contributed by atoms with Crippen LogP contribution in [0.1, 0.15) is 59.1 Å². The molecule has 1 aromatic heterocycles. The Bertz CT molecular complexity index is 1060. The standard InChI is InChI=1S/C22H25ClN4O4/c1-13-8-9-14(23)10-17(13)27-19(28)18-11-16(20(29)31-3)25-26(18)12-22(27,2)21(30)24-15-6-4-5-7-15/h8-11,15H,4-7,12H2,1-3H3,(H,24,30). The Morgan fingerprint density at radius 3 is 2.65 bits per heavy atom. The van der Waals surface area contributed by atoms with Crippen LogP contribution in [0.3, 0.4) is 0 Å². The van der Waals surface area contributed by atoms with Gasteiger partial charge in [0.25, 0.3) is 5.91 Å². The number of amides is 2. The molecule has 0 bridgehead atoms. The first-order valence-electron chi connectivity index (χ1n) is 10.3. The molecule has 2 heterocycles. The highest BCUT2D eigenvalue weighted by molar-refractivity contribution is 6.31. The van der Waals surface area contributed by atoms with E-state index in [-0.39, 0.29) is 29.9 Å². The molecular weight excluding hydrogens is 420 g/mol. The fourth-order valence-corrected chi connectivity index (χ4v) is 4.56. The fourth-order valence-electron chi connectivity index (χ4n) is 4.40. The maximum absolute atomic E-state index is 13.7. The van der Waals surface area contributed by atoms with Gasteiger partial charge in [-0.25, -0.2) is 4.79 Å². The molecular formula is C22H25ClN4O4. The van der Waals surface area contributed by atoms with Crippen LogP contribution in [0.15, 0.2) is 24.3 Å². The number of methoxy groups -OCH3 is 1. The molecule has 0 radical (unpaired) electrons. The van der Waals surface area contributed by atoms with Gasteiger partial charge in [0.15, 0.2) is 5.69 Å². The van der Waals surface area contributed by atoms with Gasteiger partial charge >= 0.3 is 5.97 Å². The average molecular weight is 445 g/mol. The van der Waals surface area contributed by atoms with Crippen molar-refractivity contribution >= 4 is 35.1 Å². The number of ether oxygens (including phenoxy) is 1. The lowest BCUT2D eigenvalue weighted by atomic mass is 9.92. The third-order valence-electron chi connectivity index (χ3n) is 6.14. The van der Waals surface area contributed by atoms with Crippen molar-refractivity contribution < 1.29 is 19.1 Å². The molecule has 0 spiro atoms. The minimum Gasteiger partial charge on any atom is -0.464 e. The summed E-state index contributed by atoms with van der Waals surface area (Å²) in [6.45, 7) is 3.67. The molecule has 1 atom stereocenters. The zero-order valence-corrected chi connectivity index (χ0v) is 18.5. The minimum absolute atomic E-state index is 0.0223. The summed E-state index contributed by atoms with van der Waals surface area (Å²) < 4.78 is 6.16. The van der Waals surface area contributed by atoms with Crippen molar-refractivity contribution in [3.05, 3.63) is 46.2 Å². The fraction of sp³-hybridized carbons (Fsp3) is 0.455. The predicted octanol–water partition coefficient (Wildman–Crippen LogP) is 3.11. The van der Waals surface area contributed by atoms with Crippen LogP contribution in [-0.2, 0) is 16.1 Å². The zero-order valence-electron chi connectivity index (χ0n) is 17.8. The van der Waals surface area contributed by atoms with Crippen LogP contribution in [0.5, 0.6) is 0 Å². The summed E-state index contributed by atoms with van der Waals surface area (Å²) >= 11 is 6.24. The molecule has 1 unspecified atom stereocenters. The monoisotopic (exact) mass is 444 g/mol. The van der Waals surface area contributed by atoms with E-state index < -0.39 is 17.4 Å². The number of nitrogens with one attached hydrogen (secondary N) is 1. The Labute approximate surface area is 185 Å². The van der Waals surface area contributed by atoms with E-state index in [1.54, 1.807) is 19.1 Å². The van der Waals surface area contributed by atoms with Gasteiger partial charge in [0.2, 0.25) is 5.91 Å². The maximum Gasteiger partial charge on any atom is 0.358 e. The van der Waals surface area contributed by atoms with Crippen molar-refractivity contribution in [1.82, 2.24) is 15.1 Å². The summed E-state index contributed by atoms with van der Waals surface area (Å²) in [4.78, 5) is 40.7. The quantitative estimate of drug-likeness (QED) is 0.731. The number of anilines is 1. The van der Waals surface area contributed by atoms with Gasteiger partial charge in [0.1, 0.15) is 11.2 Å². The number of fused-ring (bicyclic) bond motifs is 1. The molecule has 2 aliphatic rings. The minimum atomic E-state index is -1.26. The van der Waals surface area contributed by atoms with E-state index in [9.17, 15) is 14.4 Å². The average Bonchev–Trinajstić information content (AvgIpc) is 3.39. The third-order valence-corrected chi connectivity index (χ3v) is 6.37. The summed E-state index contributed by atoms with van der Waals surface area (Å²) in [5.41, 5.74) is 0.328. The first-order chi connectivity index (χ1) is 14.7. The summed E-state index contributed by atoms with van der Waals surface area (Å²) in [5.74, 6) is -1.33. The Balaban J connectivity index is 1.82. The lowest BCUT2D eigenvalue weighted by Crippen LogP contribution is -2.65. The van der Waals surface area contributed by atoms with Crippen molar-refractivity contribution in [2.24, 2.45) is 0 Å². The number of aromatic nitrogens is 2. The van der Waals surface area contributed by atoms with E-state index in [1.165, 1.54) is 22.8 Å². The van der Waals surface area contributed by atoms with Crippen LogP contribution in [0, 0.1) is 6.92 Å². The van der Waals surface area contributed by atoms with Crippen LogP contribution in [0.2, 0.25) is 5.02 Å². The summed E-state index contributed by atoms with van der Waals surface area (Å²) in [6.07, 6.45) is 3.99. The smallest absolute Gasteiger partial charge is 0.358 e. The van der Waals surface area contributed by atoms with E-state index >= 15 is 0 Å². The molecule has 164 valence electrons. The molecule has 4 rings (SSSR count). The molecule has 1 N–H and O–H groups in total. The van der Waals surface area contributed by atoms with Gasteiger partial charge in [-0.1, -0.05) is 30.5 Å². The highest BCUT2D eigenvalue weighted by Gasteiger charge is 2.50. The Morgan fingerprint density at radius 1 is 1.26 bits per heavy atom. The van der Waals surface area contributed by atoms with E-state index in [0.717, 1.165) is 31.2 Å². The molecule has 1 aromatic carbocycles. The van der Waals surface area contributed by atoms with E-state index in [1.807, 2.05) is 13.0 Å².